The third-order valence-electron chi connectivity index (χ3n) is 2.41. The van der Waals surface area contributed by atoms with Crippen LogP contribution in [0.15, 0.2) is 30.3 Å². The maximum atomic E-state index is 5.94. The molecule has 1 aromatic carbocycles. The lowest BCUT2D eigenvalue weighted by Gasteiger charge is -1.99. The molecule has 2 aromatic rings. The Bertz CT molecular complexity index is 448. The monoisotopic (exact) mass is 223 g/mol. The van der Waals surface area contributed by atoms with Crippen molar-refractivity contribution in [2.45, 2.75) is 6.92 Å². The van der Waals surface area contributed by atoms with Crippen molar-refractivity contribution in [2.24, 2.45) is 7.05 Å². The molecule has 2 N–H and O–H groups in total. The summed E-state index contributed by atoms with van der Waals surface area (Å²) in [6.45, 7) is 1.95. The largest absolute Gasteiger partial charge is 0.383 e. The number of nitrogen functional groups attached to an aromatic ring is 1. The van der Waals surface area contributed by atoms with Crippen molar-refractivity contribution in [2.75, 3.05) is 5.73 Å². The summed E-state index contributed by atoms with van der Waals surface area (Å²) in [5.74, 6) is 1.65. The Kier molecular flexibility index (Phi) is 3.37. The van der Waals surface area contributed by atoms with E-state index in [4.69, 9.17) is 5.73 Å². The predicted molar refractivity (Wildman–Crippen MR) is 65.0 cm³/mol. The highest BCUT2D eigenvalue weighted by Crippen LogP contribution is 2.24. The molecule has 2 rings (SSSR count). The zero-order valence-corrected chi connectivity index (χ0v) is 9.58. The van der Waals surface area contributed by atoms with Gasteiger partial charge in [0.1, 0.15) is 17.3 Å². The topological polar surface area (TPSA) is 43.8 Å². The van der Waals surface area contributed by atoms with Gasteiger partial charge in [-0.1, -0.05) is 30.3 Å². The van der Waals surface area contributed by atoms with Gasteiger partial charge in [-0.25, -0.2) is 4.98 Å². The number of benzene rings is 1. The van der Waals surface area contributed by atoms with Gasteiger partial charge in [0.15, 0.2) is 0 Å². The van der Waals surface area contributed by atoms with Crippen molar-refractivity contribution < 1.29 is 0 Å². The highest BCUT2D eigenvalue weighted by atomic mass is 35.5. The van der Waals surface area contributed by atoms with Gasteiger partial charge in [-0.05, 0) is 6.92 Å². The van der Waals surface area contributed by atoms with E-state index in [9.17, 15) is 0 Å². The van der Waals surface area contributed by atoms with Gasteiger partial charge >= 0.3 is 0 Å². The van der Waals surface area contributed by atoms with Crippen LogP contribution in [0, 0.1) is 6.92 Å². The Hall–Kier alpha value is -1.48. The fourth-order valence-electron chi connectivity index (χ4n) is 1.44. The molecule has 15 heavy (non-hydrogen) atoms. The molecule has 1 aromatic heterocycles. The molecule has 0 amide bonds. The second kappa shape index (κ2) is 4.36. The summed E-state index contributed by atoms with van der Waals surface area (Å²) in [6.07, 6.45) is 0. The van der Waals surface area contributed by atoms with Crippen LogP contribution in [0.4, 0.5) is 5.82 Å². The minimum atomic E-state index is 0. The zero-order valence-electron chi connectivity index (χ0n) is 8.77. The van der Waals surface area contributed by atoms with Crippen molar-refractivity contribution in [3.63, 3.8) is 0 Å². The molecule has 0 bridgehead atoms. The van der Waals surface area contributed by atoms with Crippen molar-refractivity contribution in [1.29, 1.82) is 0 Å². The van der Waals surface area contributed by atoms with Gasteiger partial charge in [0, 0.05) is 12.6 Å². The van der Waals surface area contributed by atoms with Gasteiger partial charge < -0.3 is 10.3 Å². The van der Waals surface area contributed by atoms with Crippen LogP contribution < -0.4 is 5.73 Å². The van der Waals surface area contributed by atoms with E-state index in [1.807, 2.05) is 48.9 Å². The third-order valence-corrected chi connectivity index (χ3v) is 2.41. The summed E-state index contributed by atoms with van der Waals surface area (Å²) < 4.78 is 1.89. The predicted octanol–water partition coefficient (Wildman–Crippen LogP) is 2.40. The van der Waals surface area contributed by atoms with E-state index in [1.165, 1.54) is 0 Å². The number of aromatic nitrogens is 2. The van der Waals surface area contributed by atoms with Gasteiger partial charge in [0.2, 0.25) is 0 Å². The lowest BCUT2D eigenvalue weighted by atomic mass is 10.1. The molecule has 0 unspecified atom stereocenters. The second-order valence-corrected chi connectivity index (χ2v) is 3.32. The first-order valence-electron chi connectivity index (χ1n) is 4.54. The molecule has 1 heterocycles. The van der Waals surface area contributed by atoms with E-state index in [0.717, 1.165) is 17.1 Å². The highest BCUT2D eigenvalue weighted by molar-refractivity contribution is 5.85. The number of imidazole rings is 1. The van der Waals surface area contributed by atoms with Gasteiger partial charge in [-0.2, -0.15) is 0 Å². The van der Waals surface area contributed by atoms with Gasteiger partial charge in [0.05, 0.1) is 0 Å². The fourth-order valence-corrected chi connectivity index (χ4v) is 1.44. The average Bonchev–Trinajstić information content (AvgIpc) is 2.47. The van der Waals surface area contributed by atoms with Gasteiger partial charge in [-0.3, -0.25) is 0 Å². The molecule has 4 heteroatoms. The summed E-state index contributed by atoms with van der Waals surface area (Å²) >= 11 is 0. The van der Waals surface area contributed by atoms with E-state index >= 15 is 0 Å². The first-order chi connectivity index (χ1) is 6.70. The van der Waals surface area contributed by atoms with E-state index in [2.05, 4.69) is 4.98 Å². The Morgan fingerprint density at radius 3 is 2.27 bits per heavy atom. The molecule has 80 valence electrons. The molecule has 3 nitrogen and oxygen atoms in total. The summed E-state index contributed by atoms with van der Waals surface area (Å²) in [4.78, 5) is 4.42. The van der Waals surface area contributed by atoms with E-state index in [0.29, 0.717) is 5.82 Å². The van der Waals surface area contributed by atoms with Crippen LogP contribution in [0.5, 0.6) is 0 Å². The fraction of sp³-hybridized carbons (Fsp3) is 0.182. The molecule has 0 fully saturated rings. The van der Waals surface area contributed by atoms with Crippen LogP contribution in [0.25, 0.3) is 11.3 Å². The molecule has 0 atom stereocenters. The summed E-state index contributed by atoms with van der Waals surface area (Å²) in [7, 11) is 1.92. The highest BCUT2D eigenvalue weighted by Gasteiger charge is 2.09. The number of nitrogens with two attached hydrogens (primary N) is 1. The molecular weight excluding hydrogens is 210 g/mol. The van der Waals surface area contributed by atoms with E-state index < -0.39 is 0 Å². The quantitative estimate of drug-likeness (QED) is 0.807. The van der Waals surface area contributed by atoms with Crippen LogP contribution in [0.1, 0.15) is 5.82 Å². The van der Waals surface area contributed by atoms with Crippen molar-refractivity contribution in [3.05, 3.63) is 36.2 Å². The van der Waals surface area contributed by atoms with Crippen LogP contribution in [0.3, 0.4) is 0 Å². The summed E-state index contributed by atoms with van der Waals surface area (Å²) in [5, 5.41) is 0. The molecular formula is C11H14ClN3. The van der Waals surface area contributed by atoms with Crippen molar-refractivity contribution in [3.8, 4) is 11.3 Å². The van der Waals surface area contributed by atoms with Gasteiger partial charge in [0.25, 0.3) is 0 Å². The van der Waals surface area contributed by atoms with Gasteiger partial charge in [-0.15, -0.1) is 12.4 Å². The first kappa shape index (κ1) is 11.6. The lowest BCUT2D eigenvalue weighted by molar-refractivity contribution is 0.868. The molecule has 0 saturated carbocycles. The smallest absolute Gasteiger partial charge is 0.131 e. The maximum absolute atomic E-state index is 5.94. The number of hydrogen-bond acceptors (Lipinski definition) is 2. The molecule has 0 spiro atoms. The summed E-state index contributed by atoms with van der Waals surface area (Å²) in [5.41, 5.74) is 7.87. The summed E-state index contributed by atoms with van der Waals surface area (Å²) in [6, 6.07) is 9.98. The first-order valence-corrected chi connectivity index (χ1v) is 4.54. The van der Waals surface area contributed by atoms with E-state index in [1.54, 1.807) is 0 Å². The van der Waals surface area contributed by atoms with E-state index in [-0.39, 0.29) is 12.4 Å². The van der Waals surface area contributed by atoms with Crippen LogP contribution >= 0.6 is 12.4 Å². The molecule has 0 aliphatic heterocycles. The number of rotatable bonds is 1. The second-order valence-electron chi connectivity index (χ2n) is 3.32. The van der Waals surface area contributed by atoms with Crippen molar-refractivity contribution in [1.82, 2.24) is 9.55 Å². The molecule has 0 aliphatic carbocycles. The average molecular weight is 224 g/mol. The number of halogens is 1. The third kappa shape index (κ3) is 1.97. The molecule has 0 radical (unpaired) electrons. The SMILES string of the molecule is Cc1nc(-c2ccccc2)c(N)n1C.Cl. The maximum Gasteiger partial charge on any atom is 0.131 e. The number of hydrogen-bond donors (Lipinski definition) is 1. The number of nitrogens with zero attached hydrogens (tertiary/aromatic N) is 2. The minimum absolute atomic E-state index is 0. The van der Waals surface area contributed by atoms with Crippen LogP contribution in [-0.2, 0) is 7.05 Å². The Balaban J connectivity index is 0.00000112. The Labute approximate surface area is 95.4 Å². The Morgan fingerprint density at radius 2 is 1.80 bits per heavy atom. The minimum Gasteiger partial charge on any atom is -0.383 e. The molecule has 0 saturated heterocycles. The number of anilines is 1. The Morgan fingerprint density at radius 1 is 1.20 bits per heavy atom. The normalized spacial score (nSPS) is 9.73. The lowest BCUT2D eigenvalue weighted by Crippen LogP contribution is -1.98. The van der Waals surface area contributed by atoms with Crippen molar-refractivity contribution >= 4 is 18.2 Å². The molecule has 0 aliphatic rings. The van der Waals surface area contributed by atoms with Crippen LogP contribution in [-0.4, -0.2) is 9.55 Å². The number of aryl methyl sites for hydroxylation is 1. The standard InChI is InChI=1S/C11H13N3.ClH/c1-8-13-10(11(12)14(8)2)9-6-4-3-5-7-9;/h3-7H,12H2,1-2H3;1H. The zero-order chi connectivity index (χ0) is 10.1. The van der Waals surface area contributed by atoms with Crippen LogP contribution in [0.2, 0.25) is 0 Å².